The molecule has 0 bridgehead atoms. The largest absolute Gasteiger partial charge is 0.289 e. The molecule has 0 spiro atoms. The predicted molar refractivity (Wildman–Crippen MR) is 96.2 cm³/mol. The van der Waals surface area contributed by atoms with Gasteiger partial charge in [0.2, 0.25) is 0 Å². The van der Waals surface area contributed by atoms with Gasteiger partial charge in [0.15, 0.2) is 5.78 Å². The molecule has 0 aliphatic carbocycles. The van der Waals surface area contributed by atoms with Crippen LogP contribution in [0.1, 0.15) is 15.2 Å². The highest BCUT2D eigenvalue weighted by atomic mass is 32.1. The van der Waals surface area contributed by atoms with Crippen LogP contribution in [0.3, 0.4) is 0 Å². The summed E-state index contributed by atoms with van der Waals surface area (Å²) in [6.45, 7) is 0. The lowest BCUT2D eigenvalue weighted by Gasteiger charge is -1.96. The second kappa shape index (κ2) is 7.02. The maximum absolute atomic E-state index is 12.1. The number of nitrogens with zero attached hydrogens (tertiary/aromatic N) is 1. The van der Waals surface area contributed by atoms with Gasteiger partial charge in [-0.2, -0.15) is 0 Å². The SMILES string of the molecule is O=C(C=Cc1ccc(-c2ccc([N+](=O)[O-])cc2)s1)c1ccccc1. The Kier molecular flexibility index (Phi) is 4.63. The third kappa shape index (κ3) is 3.64. The molecule has 2 aromatic carbocycles. The number of non-ortho nitro benzene ring substituents is 1. The number of hydrogen-bond donors (Lipinski definition) is 0. The highest BCUT2D eigenvalue weighted by Gasteiger charge is 2.07. The first-order valence-electron chi connectivity index (χ1n) is 7.25. The fourth-order valence-corrected chi connectivity index (χ4v) is 3.12. The summed E-state index contributed by atoms with van der Waals surface area (Å²) < 4.78 is 0. The molecule has 0 saturated heterocycles. The Bertz CT molecular complexity index is 896. The van der Waals surface area contributed by atoms with Crippen molar-refractivity contribution in [3.63, 3.8) is 0 Å². The van der Waals surface area contributed by atoms with E-state index in [0.29, 0.717) is 5.56 Å². The zero-order chi connectivity index (χ0) is 16.9. The monoisotopic (exact) mass is 335 g/mol. The predicted octanol–water partition coefficient (Wildman–Crippen LogP) is 5.22. The number of allylic oxidation sites excluding steroid dienone is 1. The van der Waals surface area contributed by atoms with E-state index in [4.69, 9.17) is 0 Å². The first kappa shape index (κ1) is 15.8. The van der Waals surface area contributed by atoms with Gasteiger partial charge in [-0.05, 0) is 42.0 Å². The van der Waals surface area contributed by atoms with Crippen LogP contribution >= 0.6 is 11.3 Å². The number of carbonyl (C=O) groups is 1. The lowest BCUT2D eigenvalue weighted by Crippen LogP contribution is -1.92. The molecule has 0 amide bonds. The summed E-state index contributed by atoms with van der Waals surface area (Å²) in [6, 6.07) is 19.4. The van der Waals surface area contributed by atoms with Crippen molar-refractivity contribution in [3.05, 3.63) is 93.4 Å². The third-order valence-electron chi connectivity index (χ3n) is 3.45. The zero-order valence-electron chi connectivity index (χ0n) is 12.6. The average molecular weight is 335 g/mol. The van der Waals surface area contributed by atoms with Crippen molar-refractivity contribution in [2.45, 2.75) is 0 Å². The van der Waals surface area contributed by atoms with Gasteiger partial charge in [0.05, 0.1) is 4.92 Å². The molecular weight excluding hydrogens is 322 g/mol. The highest BCUT2D eigenvalue weighted by Crippen LogP contribution is 2.30. The van der Waals surface area contributed by atoms with Crippen molar-refractivity contribution in [2.75, 3.05) is 0 Å². The van der Waals surface area contributed by atoms with Gasteiger partial charge in [-0.25, -0.2) is 0 Å². The fourth-order valence-electron chi connectivity index (χ4n) is 2.20. The Morgan fingerprint density at radius 3 is 2.33 bits per heavy atom. The molecular formula is C19H13NO3S. The summed E-state index contributed by atoms with van der Waals surface area (Å²) in [5.41, 5.74) is 1.64. The number of rotatable bonds is 5. The van der Waals surface area contributed by atoms with Crippen molar-refractivity contribution < 1.29 is 9.72 Å². The maximum atomic E-state index is 12.1. The molecule has 0 aliphatic rings. The molecule has 5 heteroatoms. The first-order valence-corrected chi connectivity index (χ1v) is 8.07. The number of benzene rings is 2. The summed E-state index contributed by atoms with van der Waals surface area (Å²) in [7, 11) is 0. The Hall–Kier alpha value is -3.05. The van der Waals surface area contributed by atoms with Crippen molar-refractivity contribution in [1.29, 1.82) is 0 Å². The molecule has 0 atom stereocenters. The van der Waals surface area contributed by atoms with E-state index < -0.39 is 4.92 Å². The van der Waals surface area contributed by atoms with Gasteiger partial charge >= 0.3 is 0 Å². The molecule has 0 N–H and O–H groups in total. The van der Waals surface area contributed by atoms with E-state index in [1.54, 1.807) is 36.4 Å². The number of ketones is 1. The molecule has 3 rings (SSSR count). The number of nitro groups is 1. The summed E-state index contributed by atoms with van der Waals surface area (Å²) >= 11 is 1.53. The molecule has 3 aromatic rings. The van der Waals surface area contributed by atoms with E-state index in [-0.39, 0.29) is 11.5 Å². The van der Waals surface area contributed by atoms with E-state index in [1.807, 2.05) is 30.3 Å². The first-order chi connectivity index (χ1) is 11.6. The van der Waals surface area contributed by atoms with Crippen molar-refractivity contribution in [2.24, 2.45) is 0 Å². The van der Waals surface area contributed by atoms with Gasteiger partial charge in [-0.3, -0.25) is 14.9 Å². The van der Waals surface area contributed by atoms with Crippen molar-refractivity contribution >= 4 is 28.9 Å². The minimum absolute atomic E-state index is 0.0408. The van der Waals surface area contributed by atoms with Gasteiger partial charge in [-0.1, -0.05) is 30.3 Å². The van der Waals surface area contributed by atoms with Gasteiger partial charge in [0, 0.05) is 27.5 Å². The molecule has 0 unspecified atom stereocenters. The normalized spacial score (nSPS) is 10.8. The van der Waals surface area contributed by atoms with Crippen LogP contribution in [-0.4, -0.2) is 10.7 Å². The maximum Gasteiger partial charge on any atom is 0.269 e. The van der Waals surface area contributed by atoms with Crippen LogP contribution in [0, 0.1) is 10.1 Å². The smallest absolute Gasteiger partial charge is 0.269 e. The Morgan fingerprint density at radius 1 is 0.958 bits per heavy atom. The zero-order valence-corrected chi connectivity index (χ0v) is 13.4. The van der Waals surface area contributed by atoms with Gasteiger partial charge in [0.1, 0.15) is 0 Å². The molecule has 0 fully saturated rings. The molecule has 1 aromatic heterocycles. The van der Waals surface area contributed by atoms with E-state index in [0.717, 1.165) is 15.3 Å². The van der Waals surface area contributed by atoms with Crippen LogP contribution in [0.25, 0.3) is 16.5 Å². The Balaban J connectivity index is 1.74. The van der Waals surface area contributed by atoms with Crippen LogP contribution < -0.4 is 0 Å². The van der Waals surface area contributed by atoms with Gasteiger partial charge < -0.3 is 0 Å². The summed E-state index contributed by atoms with van der Waals surface area (Å²) in [6.07, 6.45) is 3.34. The van der Waals surface area contributed by atoms with Gasteiger partial charge in [0.25, 0.3) is 5.69 Å². The number of carbonyl (C=O) groups excluding carboxylic acids is 1. The number of nitro benzene ring substituents is 1. The highest BCUT2D eigenvalue weighted by molar-refractivity contribution is 7.16. The molecule has 1 heterocycles. The minimum atomic E-state index is -0.415. The average Bonchev–Trinajstić information content (AvgIpc) is 3.09. The summed E-state index contributed by atoms with van der Waals surface area (Å²) in [5, 5.41) is 10.7. The van der Waals surface area contributed by atoms with E-state index in [9.17, 15) is 14.9 Å². The van der Waals surface area contributed by atoms with Crippen molar-refractivity contribution in [3.8, 4) is 10.4 Å². The van der Waals surface area contributed by atoms with E-state index in [1.165, 1.54) is 23.5 Å². The van der Waals surface area contributed by atoms with Gasteiger partial charge in [-0.15, -0.1) is 11.3 Å². The van der Waals surface area contributed by atoms with Crippen LogP contribution in [0.5, 0.6) is 0 Å². The topological polar surface area (TPSA) is 60.2 Å². The minimum Gasteiger partial charge on any atom is -0.289 e. The standard InChI is InChI=1S/C19H13NO3S/c21-18(14-4-2-1-3-5-14)12-10-17-11-13-19(24-17)15-6-8-16(9-7-15)20(22)23/h1-13H. The number of thiophene rings is 1. The second-order valence-corrected chi connectivity index (χ2v) is 6.18. The molecule has 24 heavy (non-hydrogen) atoms. The summed E-state index contributed by atoms with van der Waals surface area (Å²) in [5.74, 6) is -0.0408. The fraction of sp³-hybridized carbons (Fsp3) is 0. The lowest BCUT2D eigenvalue weighted by atomic mass is 10.1. The second-order valence-electron chi connectivity index (χ2n) is 5.07. The summed E-state index contributed by atoms with van der Waals surface area (Å²) in [4.78, 5) is 24.3. The molecule has 0 aliphatic heterocycles. The van der Waals surface area contributed by atoms with Crippen LogP contribution in [0.2, 0.25) is 0 Å². The van der Waals surface area contributed by atoms with E-state index >= 15 is 0 Å². The van der Waals surface area contributed by atoms with E-state index in [2.05, 4.69) is 0 Å². The molecule has 4 nitrogen and oxygen atoms in total. The van der Waals surface area contributed by atoms with Crippen LogP contribution in [0.15, 0.2) is 72.8 Å². The number of hydrogen-bond acceptors (Lipinski definition) is 4. The van der Waals surface area contributed by atoms with Crippen molar-refractivity contribution in [1.82, 2.24) is 0 Å². The third-order valence-corrected chi connectivity index (χ3v) is 4.55. The lowest BCUT2D eigenvalue weighted by molar-refractivity contribution is -0.384. The molecule has 118 valence electrons. The Labute approximate surface area is 142 Å². The Morgan fingerprint density at radius 2 is 1.67 bits per heavy atom. The quantitative estimate of drug-likeness (QED) is 0.278. The molecule has 0 saturated carbocycles. The van der Waals surface area contributed by atoms with Crippen LogP contribution in [-0.2, 0) is 0 Å². The molecule has 0 radical (unpaired) electrons. The van der Waals surface area contributed by atoms with Crippen LogP contribution in [0.4, 0.5) is 5.69 Å².